The van der Waals surface area contributed by atoms with Crippen molar-refractivity contribution in [3.8, 4) is 5.75 Å². The van der Waals surface area contributed by atoms with E-state index in [4.69, 9.17) is 9.47 Å². The minimum Gasteiger partial charge on any atom is -0.496 e. The molecule has 0 amide bonds. The van der Waals surface area contributed by atoms with E-state index in [9.17, 15) is 0 Å². The summed E-state index contributed by atoms with van der Waals surface area (Å²) in [7, 11) is 5.38. The number of rotatable bonds is 6. The van der Waals surface area contributed by atoms with Crippen molar-refractivity contribution in [1.29, 1.82) is 0 Å². The van der Waals surface area contributed by atoms with Crippen LogP contribution >= 0.6 is 0 Å². The summed E-state index contributed by atoms with van der Waals surface area (Å²) in [6.07, 6.45) is 0. The number of likely N-dealkylation sites (N-methyl/N-ethyl adjacent to an activating group) is 1. The summed E-state index contributed by atoms with van der Waals surface area (Å²) in [6.45, 7) is 3.67. The molecule has 0 saturated carbocycles. The number of ether oxygens (including phenoxy) is 2. The van der Waals surface area contributed by atoms with Crippen LogP contribution in [-0.4, -0.2) is 34.4 Å². The Bertz CT molecular complexity index is 320. The minimum absolute atomic E-state index is 0.324. The lowest BCUT2D eigenvalue weighted by molar-refractivity contribution is 0.177. The van der Waals surface area contributed by atoms with E-state index in [1.165, 1.54) is 11.1 Å². The van der Waals surface area contributed by atoms with Crippen molar-refractivity contribution in [2.45, 2.75) is 12.8 Å². The van der Waals surface area contributed by atoms with Crippen LogP contribution < -0.4 is 10.1 Å². The second-order valence-electron chi connectivity index (χ2n) is 3.96. The molecule has 1 unspecified atom stereocenters. The lowest BCUT2D eigenvalue weighted by Crippen LogP contribution is -2.21. The molecule has 0 aromatic heterocycles. The maximum absolute atomic E-state index is 5.39. The van der Waals surface area contributed by atoms with Gasteiger partial charge in [0.15, 0.2) is 0 Å². The normalized spacial score (nSPS) is 12.5. The maximum Gasteiger partial charge on any atom is 0.122 e. The van der Waals surface area contributed by atoms with E-state index in [0.717, 1.165) is 12.3 Å². The van der Waals surface area contributed by atoms with Crippen LogP contribution in [0.25, 0.3) is 0 Å². The Hall–Kier alpha value is -1.06. The molecule has 90 valence electrons. The predicted molar refractivity (Wildman–Crippen MR) is 66.3 cm³/mol. The Morgan fingerprint density at radius 3 is 2.62 bits per heavy atom. The van der Waals surface area contributed by atoms with Crippen LogP contribution in [0.15, 0.2) is 18.2 Å². The van der Waals surface area contributed by atoms with E-state index in [2.05, 4.69) is 24.4 Å². The fourth-order valence-electron chi connectivity index (χ4n) is 1.88. The first kappa shape index (κ1) is 13.0. The van der Waals surface area contributed by atoms with Crippen LogP contribution in [0.5, 0.6) is 5.75 Å². The third-order valence-corrected chi connectivity index (χ3v) is 2.64. The van der Waals surface area contributed by atoms with Crippen molar-refractivity contribution >= 4 is 0 Å². The summed E-state index contributed by atoms with van der Waals surface area (Å²) >= 11 is 0. The molecule has 1 aromatic rings. The Balaban J connectivity index is 3.00. The molecule has 0 aliphatic rings. The minimum atomic E-state index is 0.324. The van der Waals surface area contributed by atoms with Crippen LogP contribution in [0.4, 0.5) is 0 Å². The van der Waals surface area contributed by atoms with Gasteiger partial charge in [-0.3, -0.25) is 0 Å². The number of methoxy groups -OCH3 is 2. The predicted octanol–water partition coefficient (Wildman–Crippen LogP) is 1.95. The second kappa shape index (κ2) is 6.51. The van der Waals surface area contributed by atoms with Gasteiger partial charge in [-0.25, -0.2) is 0 Å². The van der Waals surface area contributed by atoms with Gasteiger partial charge in [0.05, 0.1) is 13.7 Å². The van der Waals surface area contributed by atoms with Crippen molar-refractivity contribution in [2.24, 2.45) is 0 Å². The summed E-state index contributed by atoms with van der Waals surface area (Å²) in [5, 5.41) is 3.19. The average molecular weight is 223 g/mol. The number of aryl methyl sites for hydroxylation is 1. The van der Waals surface area contributed by atoms with Crippen molar-refractivity contribution in [3.05, 3.63) is 29.3 Å². The lowest BCUT2D eigenvalue weighted by atomic mass is 9.97. The zero-order valence-electron chi connectivity index (χ0n) is 10.5. The quantitative estimate of drug-likeness (QED) is 0.799. The van der Waals surface area contributed by atoms with Crippen LogP contribution in [0.2, 0.25) is 0 Å². The Morgan fingerprint density at radius 1 is 1.31 bits per heavy atom. The molecular weight excluding hydrogens is 202 g/mol. The highest BCUT2D eigenvalue weighted by atomic mass is 16.5. The van der Waals surface area contributed by atoms with Gasteiger partial charge >= 0.3 is 0 Å². The van der Waals surface area contributed by atoms with Gasteiger partial charge in [0.2, 0.25) is 0 Å². The first-order valence-corrected chi connectivity index (χ1v) is 5.51. The van der Waals surface area contributed by atoms with Gasteiger partial charge in [0.25, 0.3) is 0 Å². The molecule has 1 aromatic carbocycles. The molecule has 3 heteroatoms. The zero-order valence-corrected chi connectivity index (χ0v) is 10.5. The van der Waals surface area contributed by atoms with Gasteiger partial charge in [-0.1, -0.05) is 17.7 Å². The van der Waals surface area contributed by atoms with Crippen molar-refractivity contribution in [3.63, 3.8) is 0 Å². The SMILES string of the molecule is CNCC(COC)c1cc(C)ccc1OC. The van der Waals surface area contributed by atoms with Crippen molar-refractivity contribution < 1.29 is 9.47 Å². The average Bonchev–Trinajstić information content (AvgIpc) is 2.29. The molecule has 0 spiro atoms. The molecule has 0 saturated heterocycles. The summed E-state index contributed by atoms with van der Waals surface area (Å²) < 4.78 is 10.6. The van der Waals surface area contributed by atoms with Gasteiger partial charge in [0.1, 0.15) is 5.75 Å². The Kier molecular flexibility index (Phi) is 5.29. The van der Waals surface area contributed by atoms with Crippen LogP contribution in [0, 0.1) is 6.92 Å². The first-order valence-electron chi connectivity index (χ1n) is 5.51. The highest BCUT2D eigenvalue weighted by Gasteiger charge is 2.15. The second-order valence-corrected chi connectivity index (χ2v) is 3.96. The monoisotopic (exact) mass is 223 g/mol. The number of benzene rings is 1. The van der Waals surface area contributed by atoms with E-state index in [0.29, 0.717) is 12.5 Å². The molecule has 0 aliphatic carbocycles. The molecule has 1 rings (SSSR count). The van der Waals surface area contributed by atoms with Crippen molar-refractivity contribution in [1.82, 2.24) is 5.32 Å². The van der Waals surface area contributed by atoms with Gasteiger partial charge in [-0.05, 0) is 20.0 Å². The first-order chi connectivity index (χ1) is 7.72. The van der Waals surface area contributed by atoms with Crippen molar-refractivity contribution in [2.75, 3.05) is 34.4 Å². The van der Waals surface area contributed by atoms with Gasteiger partial charge in [-0.2, -0.15) is 0 Å². The van der Waals surface area contributed by atoms with E-state index in [1.807, 2.05) is 13.1 Å². The molecule has 0 heterocycles. The molecule has 0 bridgehead atoms. The Labute approximate surface area is 97.8 Å². The van der Waals surface area contributed by atoms with E-state index in [-0.39, 0.29) is 0 Å². The van der Waals surface area contributed by atoms with E-state index >= 15 is 0 Å². The molecule has 0 radical (unpaired) electrons. The number of hydrogen-bond acceptors (Lipinski definition) is 3. The third-order valence-electron chi connectivity index (χ3n) is 2.64. The topological polar surface area (TPSA) is 30.5 Å². The van der Waals surface area contributed by atoms with Crippen LogP contribution in [-0.2, 0) is 4.74 Å². The van der Waals surface area contributed by atoms with Gasteiger partial charge < -0.3 is 14.8 Å². The summed E-state index contributed by atoms with van der Waals surface area (Å²) in [6, 6.07) is 6.24. The molecule has 3 nitrogen and oxygen atoms in total. The van der Waals surface area contributed by atoms with Crippen LogP contribution in [0.3, 0.4) is 0 Å². The fourth-order valence-corrected chi connectivity index (χ4v) is 1.88. The summed E-state index contributed by atoms with van der Waals surface area (Å²) in [4.78, 5) is 0. The van der Waals surface area contributed by atoms with E-state index < -0.39 is 0 Å². The summed E-state index contributed by atoms with van der Waals surface area (Å²) in [5.41, 5.74) is 2.45. The smallest absolute Gasteiger partial charge is 0.122 e. The molecule has 1 atom stereocenters. The maximum atomic E-state index is 5.39. The molecule has 0 aliphatic heterocycles. The molecule has 0 fully saturated rings. The van der Waals surface area contributed by atoms with E-state index in [1.54, 1.807) is 14.2 Å². The number of hydrogen-bond donors (Lipinski definition) is 1. The highest BCUT2D eigenvalue weighted by Crippen LogP contribution is 2.27. The lowest BCUT2D eigenvalue weighted by Gasteiger charge is -2.19. The molecule has 16 heavy (non-hydrogen) atoms. The summed E-state index contributed by atoms with van der Waals surface area (Å²) in [5.74, 6) is 1.26. The third kappa shape index (κ3) is 3.22. The highest BCUT2D eigenvalue weighted by molar-refractivity contribution is 5.39. The van der Waals surface area contributed by atoms with Crippen LogP contribution in [0.1, 0.15) is 17.0 Å². The Morgan fingerprint density at radius 2 is 2.06 bits per heavy atom. The molecule has 1 N–H and O–H groups in total. The fraction of sp³-hybridized carbons (Fsp3) is 0.538. The van der Waals surface area contributed by atoms with Gasteiger partial charge in [-0.15, -0.1) is 0 Å². The van der Waals surface area contributed by atoms with Gasteiger partial charge in [0, 0.05) is 25.1 Å². The number of nitrogens with one attached hydrogen (secondary N) is 1. The standard InChI is InChI=1S/C13H21NO2/c1-10-5-6-13(16-4)12(7-10)11(8-14-2)9-15-3/h5-7,11,14H,8-9H2,1-4H3. The molecular formula is C13H21NO2. The zero-order chi connectivity index (χ0) is 12.0. The largest absolute Gasteiger partial charge is 0.496 e.